The van der Waals surface area contributed by atoms with Crippen LogP contribution in [0.5, 0.6) is 0 Å². The van der Waals surface area contributed by atoms with E-state index in [1.165, 1.54) is 30.7 Å². The quantitative estimate of drug-likeness (QED) is 0.0307. The van der Waals surface area contributed by atoms with Crippen molar-refractivity contribution in [1.82, 2.24) is 0 Å². The first-order valence-corrected chi connectivity index (χ1v) is 25.5. The maximum atomic E-state index is 14.5. The predicted octanol–water partition coefficient (Wildman–Crippen LogP) is 14.9. The Kier molecular flexibility index (Phi) is 23.8. The predicted molar refractivity (Wildman–Crippen MR) is 316 cm³/mol. The van der Waals surface area contributed by atoms with Gasteiger partial charge in [-0.05, 0) is 122 Å². The summed E-state index contributed by atoms with van der Waals surface area (Å²) in [7, 11) is 1.00. The van der Waals surface area contributed by atoms with Crippen molar-refractivity contribution in [3.8, 4) is 11.1 Å². The highest BCUT2D eigenvalue weighted by Gasteiger charge is 2.76. The average Bonchev–Trinajstić information content (AvgIpc) is 4.18. The number of benzene rings is 4. The van der Waals surface area contributed by atoms with Gasteiger partial charge in [-0.1, -0.05) is 103 Å². The second kappa shape index (κ2) is 28.5. The van der Waals surface area contributed by atoms with Crippen LogP contribution in [0, 0.1) is 39.7 Å². The minimum atomic E-state index is -3.20. The molecule has 2 aliphatic carbocycles. The first-order chi connectivity index (χ1) is 36.9. The molecule has 4 atom stereocenters. The zero-order valence-corrected chi connectivity index (χ0v) is 46.4. The molecule has 9 nitrogen and oxygen atoms in total. The van der Waals surface area contributed by atoms with Crippen molar-refractivity contribution in [3.05, 3.63) is 186 Å². The van der Waals surface area contributed by atoms with Crippen LogP contribution in [0.3, 0.4) is 0 Å². The highest BCUT2D eigenvalue weighted by molar-refractivity contribution is 6.20. The summed E-state index contributed by atoms with van der Waals surface area (Å²) in [6.07, 6.45) is 2.18. The van der Waals surface area contributed by atoms with Gasteiger partial charge in [-0.25, -0.2) is 26.9 Å². The maximum absolute atomic E-state index is 14.5. The summed E-state index contributed by atoms with van der Waals surface area (Å²) in [4.78, 5) is 11.0. The molecular weight excluding hydrogens is 1020 g/mol. The zero-order chi connectivity index (χ0) is 58.4. The summed E-state index contributed by atoms with van der Waals surface area (Å²) < 4.78 is 98.1. The Morgan fingerprint density at radius 1 is 1.00 bits per heavy atom. The SMILES string of the molecule is C=C=C(C)CN=C1/C(=C(\N)C(F)F)C2(CC)C[C@H]2C1(F)F.C=C=C1c2ccc(-c3ccccc3CC(C)(C)C)cc2N=C([C@@H](C=C)Cc2cc(F)cc(F)c2)N1c1ccc(C=C)c(C(=N)C=C)c1NCC(C)F.CCO.CO.O.[HH].[HH]. The fourth-order valence-corrected chi connectivity index (χ4v) is 9.80. The number of fused-ring (bicyclic) bond motifs is 2. The Hall–Kier alpha value is -7.32. The molecule has 0 saturated heterocycles. The molecule has 16 heteroatoms. The lowest BCUT2D eigenvalue weighted by Crippen LogP contribution is -2.38. The number of nitrogens with zero attached hydrogens (tertiary/aromatic N) is 3. The van der Waals surface area contributed by atoms with Gasteiger partial charge in [-0.3, -0.25) is 9.89 Å². The Morgan fingerprint density at radius 2 is 1.63 bits per heavy atom. The van der Waals surface area contributed by atoms with Crippen molar-refractivity contribution in [2.24, 2.45) is 38.4 Å². The Balaban J connectivity index is 0.000000946. The van der Waals surface area contributed by atoms with Gasteiger partial charge in [-0.15, -0.1) is 18.0 Å². The number of rotatable bonds is 17. The Labute approximate surface area is 464 Å². The van der Waals surface area contributed by atoms with Gasteiger partial charge < -0.3 is 32.1 Å². The molecule has 0 radical (unpaired) electrons. The number of nitrogens with two attached hydrogens (primary N) is 1. The highest BCUT2D eigenvalue weighted by Crippen LogP contribution is 2.72. The first-order valence-electron chi connectivity index (χ1n) is 25.5. The molecule has 1 heterocycles. The second-order valence-electron chi connectivity index (χ2n) is 20.1. The van der Waals surface area contributed by atoms with E-state index >= 15 is 0 Å². The smallest absolute Gasteiger partial charge is 0.293 e. The number of nitrogens with one attached hydrogen (secondary N) is 2. The lowest BCUT2D eigenvalue weighted by molar-refractivity contribution is 0.0522. The molecule has 4 aromatic carbocycles. The van der Waals surface area contributed by atoms with Crippen LogP contribution in [0.25, 0.3) is 22.9 Å². The summed E-state index contributed by atoms with van der Waals surface area (Å²) in [5.74, 6) is -5.62. The molecule has 2 fully saturated rings. The number of aliphatic hydroxyl groups excluding tert-OH is 2. The van der Waals surface area contributed by atoms with Gasteiger partial charge in [0.2, 0.25) is 0 Å². The standard InChI is InChI=1S/C45H45F3N4.C15H18F4N2.C2H6O.CH4O.H2O.2H2/c1-9-30-18-20-41(43(50-27-28(5)46)42(30)38(49)11-3)52-40(12-4)37-19-17-32(36-16-14-13-15-33(36)26-45(6,7)8)24-39(37)51-44(52)31(10-2)21-29-22-34(47)25-35(48)23-29;1-4-8(3)7-21-12-10(11(20)13(16)17)14(5-2)6-9(14)15(12,18)19;1-2-3;1-2;;;/h9-11,13-20,22-25,28,31,49-50H,1-4,21,26-27H2,5-8H3;9,13H,1,5-7,20H2,2-3H3;3H,2H2,1H3;2H,1H3;1H2;2*1H/b;11-10+,21-12?;;;;;/t28?,31-;9-,14?;;;;;/m01...../s1. The monoisotopic (exact) mass is 1100 g/mol. The number of aliphatic imine (C=N–C) groups is 2. The van der Waals surface area contributed by atoms with Crippen LogP contribution in [0.15, 0.2) is 156 Å². The van der Waals surface area contributed by atoms with Gasteiger partial charge in [0.15, 0.2) is 0 Å². The van der Waals surface area contributed by atoms with Gasteiger partial charge in [0.25, 0.3) is 12.3 Å². The first kappa shape index (κ1) is 66.0. The Morgan fingerprint density at radius 3 is 2.16 bits per heavy atom. The van der Waals surface area contributed by atoms with Crippen LogP contribution < -0.4 is 16.0 Å². The average molecular weight is 1100 g/mol. The van der Waals surface area contributed by atoms with E-state index in [0.29, 0.717) is 57.3 Å². The van der Waals surface area contributed by atoms with E-state index in [1.807, 2.05) is 41.3 Å². The number of allylic oxidation sites excluding steroid dienone is 3. The fraction of sp³-hybridized carbons (Fsp3) is 0.349. The largest absolute Gasteiger partial charge is 0.412 e. The van der Waals surface area contributed by atoms with Gasteiger partial charge in [0.1, 0.15) is 29.4 Å². The van der Waals surface area contributed by atoms with E-state index < -0.39 is 58.8 Å². The third-order valence-corrected chi connectivity index (χ3v) is 13.4. The molecule has 2 saturated carbocycles. The van der Waals surface area contributed by atoms with Crippen LogP contribution in [0.1, 0.15) is 92.0 Å². The lowest BCUT2D eigenvalue weighted by Gasteiger charge is -2.37. The van der Waals surface area contributed by atoms with Gasteiger partial charge in [-0.2, -0.15) is 8.78 Å². The normalized spacial score (nSPS) is 18.3. The lowest BCUT2D eigenvalue weighted by atomic mass is 9.84. The molecule has 79 heavy (non-hydrogen) atoms. The number of halogens is 7. The van der Waals surface area contributed by atoms with Gasteiger partial charge in [0.05, 0.1) is 40.7 Å². The highest BCUT2D eigenvalue weighted by atomic mass is 19.3. The topological polar surface area (TPSA) is 162 Å². The molecule has 0 amide bonds. The number of hydrogen-bond acceptors (Lipinski definition) is 8. The summed E-state index contributed by atoms with van der Waals surface area (Å²) in [6.45, 7) is 32.7. The molecule has 2 unspecified atom stereocenters. The number of amidine groups is 1. The van der Waals surface area contributed by atoms with Crippen LogP contribution >= 0.6 is 0 Å². The van der Waals surface area contributed by atoms with E-state index in [0.717, 1.165) is 36.3 Å². The van der Waals surface area contributed by atoms with Crippen LogP contribution in [-0.4, -0.2) is 78.3 Å². The van der Waals surface area contributed by atoms with Crippen molar-refractivity contribution >= 4 is 46.1 Å². The van der Waals surface area contributed by atoms with E-state index in [9.17, 15) is 30.7 Å². The van der Waals surface area contributed by atoms with Crippen molar-refractivity contribution < 1.29 is 49.3 Å². The molecule has 0 spiro atoms. The minimum Gasteiger partial charge on any atom is -0.412 e. The summed E-state index contributed by atoms with van der Waals surface area (Å²) in [5.41, 5.74) is 17.3. The van der Waals surface area contributed by atoms with Crippen molar-refractivity contribution in [1.29, 1.82) is 5.41 Å². The van der Waals surface area contributed by atoms with E-state index in [4.69, 9.17) is 26.3 Å². The molecular formula is C63H79F7N6O3. The minimum absolute atomic E-state index is 0. The zero-order valence-electron chi connectivity index (χ0n) is 46.4. The fourth-order valence-electron chi connectivity index (χ4n) is 9.80. The van der Waals surface area contributed by atoms with E-state index in [-0.39, 0.29) is 57.6 Å². The maximum Gasteiger partial charge on any atom is 0.293 e. The van der Waals surface area contributed by atoms with Crippen LogP contribution in [0.2, 0.25) is 0 Å². The van der Waals surface area contributed by atoms with Crippen molar-refractivity contribution in [2.75, 3.05) is 37.0 Å². The second-order valence-corrected chi connectivity index (χ2v) is 20.1. The molecule has 4 aromatic rings. The molecule has 8 N–H and O–H groups in total. The molecule has 0 aromatic heterocycles. The molecule has 1 aliphatic heterocycles. The number of alkyl halides is 5. The summed E-state index contributed by atoms with van der Waals surface area (Å²) in [5, 5.41) is 26.6. The number of hydrogen-bond donors (Lipinski definition) is 5. The summed E-state index contributed by atoms with van der Waals surface area (Å²) >= 11 is 0. The van der Waals surface area contributed by atoms with Crippen molar-refractivity contribution in [3.63, 3.8) is 0 Å². The number of aliphatic hydroxyl groups is 2. The van der Waals surface area contributed by atoms with Crippen LogP contribution in [0.4, 0.5) is 47.8 Å². The van der Waals surface area contributed by atoms with Crippen LogP contribution in [-0.2, 0) is 12.8 Å². The van der Waals surface area contributed by atoms with Gasteiger partial charge >= 0.3 is 0 Å². The third kappa shape index (κ3) is 15.1. The molecule has 0 bridgehead atoms. The van der Waals surface area contributed by atoms with E-state index in [2.05, 4.69) is 93.6 Å². The molecule has 7 rings (SSSR count). The van der Waals surface area contributed by atoms with Crippen molar-refractivity contribution in [2.45, 2.75) is 92.7 Å². The molecule has 428 valence electrons. The summed E-state index contributed by atoms with van der Waals surface area (Å²) in [6, 6.07) is 21.5. The Bertz CT molecular complexity index is 3060. The van der Waals surface area contributed by atoms with E-state index in [1.54, 1.807) is 32.9 Å². The van der Waals surface area contributed by atoms with Gasteiger partial charge in [0, 0.05) is 63.1 Å². The number of anilines is 2. The third-order valence-electron chi connectivity index (χ3n) is 13.4. The molecule has 3 aliphatic rings.